The topological polar surface area (TPSA) is 55.1 Å². The molecular formula is C11H14ClFN2OS. The SMILES string of the molecule is CSCC[C@@H](N)C(=O)Nc1c(F)cccc1Cl. The van der Waals surface area contributed by atoms with Crippen LogP contribution in [0.1, 0.15) is 6.42 Å². The number of benzene rings is 1. The lowest BCUT2D eigenvalue weighted by Crippen LogP contribution is -2.36. The van der Waals surface area contributed by atoms with Gasteiger partial charge in [-0.1, -0.05) is 17.7 Å². The average Bonchev–Trinajstić information content (AvgIpc) is 2.30. The smallest absolute Gasteiger partial charge is 0.241 e. The molecule has 94 valence electrons. The third-order valence-electron chi connectivity index (χ3n) is 2.18. The quantitative estimate of drug-likeness (QED) is 0.869. The summed E-state index contributed by atoms with van der Waals surface area (Å²) in [7, 11) is 0. The highest BCUT2D eigenvalue weighted by molar-refractivity contribution is 7.98. The maximum absolute atomic E-state index is 13.4. The molecule has 1 rings (SSSR count). The van der Waals surface area contributed by atoms with Gasteiger partial charge in [-0.25, -0.2) is 4.39 Å². The summed E-state index contributed by atoms with van der Waals surface area (Å²) in [5, 5.41) is 2.57. The minimum absolute atomic E-state index is 0.0150. The van der Waals surface area contributed by atoms with Crippen LogP contribution in [0.15, 0.2) is 18.2 Å². The van der Waals surface area contributed by atoms with Gasteiger partial charge < -0.3 is 11.1 Å². The van der Waals surface area contributed by atoms with Crippen molar-refractivity contribution in [2.45, 2.75) is 12.5 Å². The van der Waals surface area contributed by atoms with E-state index in [0.717, 1.165) is 5.75 Å². The molecule has 0 spiro atoms. The van der Waals surface area contributed by atoms with E-state index in [9.17, 15) is 9.18 Å². The first-order chi connectivity index (χ1) is 8.06. The summed E-state index contributed by atoms with van der Waals surface area (Å²) in [5.74, 6) is -0.214. The molecule has 0 aliphatic heterocycles. The summed E-state index contributed by atoms with van der Waals surface area (Å²) >= 11 is 7.38. The number of nitrogens with two attached hydrogens (primary N) is 1. The summed E-state index contributed by atoms with van der Waals surface area (Å²) in [6.07, 6.45) is 2.47. The first-order valence-electron chi connectivity index (χ1n) is 5.05. The van der Waals surface area contributed by atoms with Crippen molar-refractivity contribution in [3.8, 4) is 0 Å². The number of carbonyl (C=O) groups excluding carboxylic acids is 1. The van der Waals surface area contributed by atoms with Crippen LogP contribution < -0.4 is 11.1 Å². The van der Waals surface area contributed by atoms with Crippen LogP contribution >= 0.6 is 23.4 Å². The maximum Gasteiger partial charge on any atom is 0.241 e. The van der Waals surface area contributed by atoms with Gasteiger partial charge in [0.2, 0.25) is 5.91 Å². The van der Waals surface area contributed by atoms with Crippen molar-refractivity contribution in [2.75, 3.05) is 17.3 Å². The normalized spacial score (nSPS) is 12.2. The molecule has 0 aliphatic carbocycles. The van der Waals surface area contributed by atoms with Gasteiger partial charge in [-0.15, -0.1) is 0 Å². The van der Waals surface area contributed by atoms with Crippen molar-refractivity contribution < 1.29 is 9.18 Å². The van der Waals surface area contributed by atoms with Gasteiger partial charge >= 0.3 is 0 Å². The molecule has 0 bridgehead atoms. The van der Waals surface area contributed by atoms with Crippen LogP contribution in [0.2, 0.25) is 5.02 Å². The molecule has 1 atom stereocenters. The molecule has 0 fully saturated rings. The van der Waals surface area contributed by atoms with E-state index < -0.39 is 17.8 Å². The van der Waals surface area contributed by atoms with Gasteiger partial charge in [0.05, 0.1) is 16.8 Å². The number of carbonyl (C=O) groups is 1. The van der Waals surface area contributed by atoms with Crippen molar-refractivity contribution in [1.82, 2.24) is 0 Å². The summed E-state index contributed by atoms with van der Waals surface area (Å²) in [4.78, 5) is 11.7. The molecule has 0 saturated carbocycles. The largest absolute Gasteiger partial charge is 0.321 e. The number of amides is 1. The number of hydrogen-bond acceptors (Lipinski definition) is 3. The van der Waals surface area contributed by atoms with Crippen molar-refractivity contribution >= 4 is 35.0 Å². The van der Waals surface area contributed by atoms with Gasteiger partial charge in [0, 0.05) is 0 Å². The van der Waals surface area contributed by atoms with E-state index in [1.807, 2.05) is 6.26 Å². The second-order valence-corrected chi connectivity index (χ2v) is 4.87. The molecule has 0 saturated heterocycles. The highest BCUT2D eigenvalue weighted by Crippen LogP contribution is 2.24. The molecule has 0 unspecified atom stereocenters. The minimum Gasteiger partial charge on any atom is -0.321 e. The zero-order valence-corrected chi connectivity index (χ0v) is 10.9. The Labute approximate surface area is 109 Å². The van der Waals surface area contributed by atoms with Crippen molar-refractivity contribution in [3.63, 3.8) is 0 Å². The Bertz CT molecular complexity index is 383. The van der Waals surface area contributed by atoms with Crippen LogP contribution in [0, 0.1) is 5.82 Å². The molecule has 6 heteroatoms. The van der Waals surface area contributed by atoms with Crippen molar-refractivity contribution in [3.05, 3.63) is 29.0 Å². The van der Waals surface area contributed by atoms with E-state index in [0.29, 0.717) is 6.42 Å². The van der Waals surface area contributed by atoms with E-state index in [2.05, 4.69) is 5.32 Å². The fraction of sp³-hybridized carbons (Fsp3) is 0.364. The highest BCUT2D eigenvalue weighted by Gasteiger charge is 2.16. The van der Waals surface area contributed by atoms with Crippen LogP contribution in [0.25, 0.3) is 0 Å². The molecule has 0 heterocycles. The van der Waals surface area contributed by atoms with Gasteiger partial charge in [0.25, 0.3) is 0 Å². The second kappa shape index (κ2) is 6.83. The van der Waals surface area contributed by atoms with Gasteiger partial charge in [0.15, 0.2) is 0 Å². The Balaban J connectivity index is 2.68. The van der Waals surface area contributed by atoms with Gasteiger partial charge in [0.1, 0.15) is 5.82 Å². The Morgan fingerprint density at radius 3 is 2.94 bits per heavy atom. The van der Waals surface area contributed by atoms with E-state index >= 15 is 0 Å². The molecule has 3 N–H and O–H groups in total. The molecule has 17 heavy (non-hydrogen) atoms. The number of para-hydroxylation sites is 1. The molecule has 0 aromatic heterocycles. The van der Waals surface area contributed by atoms with E-state index in [4.69, 9.17) is 17.3 Å². The zero-order chi connectivity index (χ0) is 12.8. The lowest BCUT2D eigenvalue weighted by molar-refractivity contribution is -0.117. The molecular weight excluding hydrogens is 263 g/mol. The fourth-order valence-electron chi connectivity index (χ4n) is 1.21. The van der Waals surface area contributed by atoms with Crippen LogP contribution in [-0.4, -0.2) is 24.0 Å². The first-order valence-corrected chi connectivity index (χ1v) is 6.83. The van der Waals surface area contributed by atoms with E-state index in [-0.39, 0.29) is 10.7 Å². The van der Waals surface area contributed by atoms with Crippen LogP contribution in [-0.2, 0) is 4.79 Å². The molecule has 3 nitrogen and oxygen atoms in total. The van der Waals surface area contributed by atoms with Crippen molar-refractivity contribution in [1.29, 1.82) is 0 Å². The number of anilines is 1. The summed E-state index contributed by atoms with van der Waals surface area (Å²) in [5.41, 5.74) is 5.65. The lowest BCUT2D eigenvalue weighted by Gasteiger charge is -2.13. The second-order valence-electron chi connectivity index (χ2n) is 3.47. The Kier molecular flexibility index (Phi) is 5.74. The van der Waals surface area contributed by atoms with E-state index in [1.165, 1.54) is 18.2 Å². The van der Waals surface area contributed by atoms with Gasteiger partial charge in [-0.3, -0.25) is 4.79 Å². The number of hydrogen-bond donors (Lipinski definition) is 2. The van der Waals surface area contributed by atoms with Crippen LogP contribution in [0.3, 0.4) is 0 Å². The van der Waals surface area contributed by atoms with Gasteiger partial charge in [-0.2, -0.15) is 11.8 Å². The third kappa shape index (κ3) is 4.18. The van der Waals surface area contributed by atoms with Crippen LogP contribution in [0.5, 0.6) is 0 Å². The average molecular weight is 277 g/mol. The molecule has 1 aromatic rings. The van der Waals surface area contributed by atoms with E-state index in [1.54, 1.807) is 11.8 Å². The predicted octanol–water partition coefficient (Wildman–Crippen LogP) is 2.50. The number of thioether (sulfide) groups is 1. The Morgan fingerprint density at radius 1 is 1.65 bits per heavy atom. The lowest BCUT2D eigenvalue weighted by atomic mass is 10.2. The summed E-state index contributed by atoms with van der Waals surface area (Å²) < 4.78 is 13.4. The third-order valence-corrected chi connectivity index (χ3v) is 3.14. The maximum atomic E-state index is 13.4. The molecule has 0 radical (unpaired) electrons. The Hall–Kier alpha value is -0.780. The number of nitrogens with one attached hydrogen (secondary N) is 1. The van der Waals surface area contributed by atoms with Crippen LogP contribution in [0.4, 0.5) is 10.1 Å². The summed E-state index contributed by atoms with van der Waals surface area (Å²) in [6.45, 7) is 0. The Morgan fingerprint density at radius 2 is 2.35 bits per heavy atom. The number of rotatable bonds is 5. The van der Waals surface area contributed by atoms with Crippen molar-refractivity contribution in [2.24, 2.45) is 5.73 Å². The molecule has 1 aromatic carbocycles. The molecule has 1 amide bonds. The summed E-state index contributed by atoms with van der Waals surface area (Å²) in [6, 6.07) is 3.56. The fourth-order valence-corrected chi connectivity index (χ4v) is 1.91. The molecule has 0 aliphatic rings. The predicted molar refractivity (Wildman–Crippen MR) is 71.0 cm³/mol. The monoisotopic (exact) mass is 276 g/mol. The van der Waals surface area contributed by atoms with Gasteiger partial charge in [-0.05, 0) is 30.6 Å². The zero-order valence-electron chi connectivity index (χ0n) is 9.37. The highest BCUT2D eigenvalue weighted by atomic mass is 35.5. The number of halogens is 2. The first kappa shape index (κ1) is 14.3. The minimum atomic E-state index is -0.655. The standard InChI is InChI=1S/C11H14ClFN2OS/c1-17-6-5-9(14)11(16)15-10-7(12)3-2-4-8(10)13/h2-4,9H,5-6,14H2,1H3,(H,15,16)/t9-/m1/s1.